The van der Waals surface area contributed by atoms with Gasteiger partial charge in [-0.3, -0.25) is 4.90 Å². The van der Waals surface area contributed by atoms with Crippen LogP contribution < -0.4 is 19.7 Å². The maximum Gasteiger partial charge on any atom is 0.227 e. The molecular weight excluding hydrogens is 542 g/mol. The first-order chi connectivity index (χ1) is 21.1. The van der Waals surface area contributed by atoms with E-state index in [1.165, 1.54) is 25.9 Å². The number of nitrogens with zero attached hydrogens (tertiary/aromatic N) is 6. The van der Waals surface area contributed by atoms with Crippen LogP contribution in [-0.2, 0) is 4.74 Å². The Morgan fingerprint density at radius 2 is 1.72 bits per heavy atom. The van der Waals surface area contributed by atoms with Gasteiger partial charge in [-0.2, -0.15) is 5.26 Å². The lowest BCUT2D eigenvalue weighted by Gasteiger charge is -2.42. The van der Waals surface area contributed by atoms with E-state index in [-0.39, 0.29) is 6.10 Å². The summed E-state index contributed by atoms with van der Waals surface area (Å²) in [6.07, 6.45) is 5.79. The molecular formula is C33H41N7O3. The minimum absolute atomic E-state index is 0.0684. The number of piperazine rings is 1. The molecule has 1 aromatic heterocycles. The van der Waals surface area contributed by atoms with Gasteiger partial charge in [0.05, 0.1) is 37.3 Å². The van der Waals surface area contributed by atoms with Gasteiger partial charge in [-0.1, -0.05) is 0 Å². The first-order valence-corrected chi connectivity index (χ1v) is 15.3. The van der Waals surface area contributed by atoms with Gasteiger partial charge in [-0.05, 0) is 56.3 Å². The summed E-state index contributed by atoms with van der Waals surface area (Å²) in [5.74, 6) is 1.90. The van der Waals surface area contributed by atoms with Crippen LogP contribution in [0.2, 0.25) is 0 Å². The Bertz CT molecular complexity index is 1420. The van der Waals surface area contributed by atoms with Gasteiger partial charge in [0.1, 0.15) is 23.7 Å². The third kappa shape index (κ3) is 7.02. The summed E-state index contributed by atoms with van der Waals surface area (Å²) in [6, 6.07) is 16.6. The molecule has 10 nitrogen and oxygen atoms in total. The maximum atomic E-state index is 9.80. The molecule has 0 amide bonds. The van der Waals surface area contributed by atoms with Gasteiger partial charge in [0.15, 0.2) is 0 Å². The molecule has 3 fully saturated rings. The summed E-state index contributed by atoms with van der Waals surface area (Å²) < 4.78 is 17.4. The summed E-state index contributed by atoms with van der Waals surface area (Å²) in [4.78, 5) is 16.7. The van der Waals surface area contributed by atoms with Gasteiger partial charge in [0.2, 0.25) is 5.95 Å². The predicted molar refractivity (Wildman–Crippen MR) is 167 cm³/mol. The number of rotatable bonds is 8. The van der Waals surface area contributed by atoms with Gasteiger partial charge >= 0.3 is 0 Å². The molecule has 0 unspecified atom stereocenters. The fourth-order valence-corrected chi connectivity index (χ4v) is 6.24. The Hall–Kier alpha value is -3.91. The molecule has 2 aromatic carbocycles. The second-order valence-electron chi connectivity index (χ2n) is 11.6. The lowest BCUT2D eigenvalue weighted by molar-refractivity contribution is 0.0254. The number of likely N-dealkylation sites (N-methyl/N-ethyl adjacent to an activating group) is 1. The van der Waals surface area contributed by atoms with Crippen molar-refractivity contribution >= 4 is 17.3 Å². The minimum atomic E-state index is 0.0684. The standard InChI is InChI=1S/C33H41N7O3/c1-38-15-17-39(18-16-38)27-8-13-40(14-9-27)30-5-4-26(22-32(30)41-2)36-33-35-12-7-29(37-33)24-3-6-31(25(21-24)23-34)43-28-10-19-42-20-11-28/h3-7,12,21-22,27-28H,8-11,13-20H2,1-2H3,(H,35,36,37). The molecule has 10 heteroatoms. The van der Waals surface area contributed by atoms with E-state index >= 15 is 0 Å². The second kappa shape index (κ2) is 13.6. The largest absolute Gasteiger partial charge is 0.495 e. The van der Waals surface area contributed by atoms with Crippen LogP contribution in [0.5, 0.6) is 11.5 Å². The zero-order valence-corrected chi connectivity index (χ0v) is 25.2. The number of nitriles is 1. The first-order valence-electron chi connectivity index (χ1n) is 15.3. The van der Waals surface area contributed by atoms with E-state index in [9.17, 15) is 5.26 Å². The number of hydrogen-bond donors (Lipinski definition) is 1. The molecule has 0 aliphatic carbocycles. The number of anilines is 3. The van der Waals surface area contributed by atoms with Gasteiger partial charge in [0.25, 0.3) is 0 Å². The van der Waals surface area contributed by atoms with Crippen LogP contribution in [0.3, 0.4) is 0 Å². The fourth-order valence-electron chi connectivity index (χ4n) is 6.24. The van der Waals surface area contributed by atoms with E-state index in [0.717, 1.165) is 67.4 Å². The van der Waals surface area contributed by atoms with Crippen molar-refractivity contribution in [2.24, 2.45) is 0 Å². The van der Waals surface area contributed by atoms with Crippen LogP contribution in [0, 0.1) is 11.3 Å². The molecule has 0 spiro atoms. The Morgan fingerprint density at radius 3 is 2.47 bits per heavy atom. The zero-order chi connectivity index (χ0) is 29.6. The summed E-state index contributed by atoms with van der Waals surface area (Å²) in [5, 5.41) is 13.1. The molecule has 226 valence electrons. The lowest BCUT2D eigenvalue weighted by atomic mass is 10.0. The highest BCUT2D eigenvalue weighted by Gasteiger charge is 2.28. The van der Waals surface area contributed by atoms with E-state index in [1.54, 1.807) is 13.3 Å². The summed E-state index contributed by atoms with van der Waals surface area (Å²) >= 11 is 0. The number of methoxy groups -OCH3 is 1. The summed E-state index contributed by atoms with van der Waals surface area (Å²) in [5.41, 5.74) is 4.01. The van der Waals surface area contributed by atoms with Crippen molar-refractivity contribution in [3.63, 3.8) is 0 Å². The third-order valence-corrected chi connectivity index (χ3v) is 8.81. The number of aromatic nitrogens is 2. The monoisotopic (exact) mass is 583 g/mol. The normalized spacial score (nSPS) is 19.1. The van der Waals surface area contributed by atoms with Crippen LogP contribution in [0.4, 0.5) is 17.3 Å². The van der Waals surface area contributed by atoms with Crippen molar-refractivity contribution in [2.45, 2.75) is 37.8 Å². The number of ether oxygens (including phenoxy) is 3. The van der Waals surface area contributed by atoms with Crippen LogP contribution in [-0.4, -0.2) is 98.6 Å². The maximum absolute atomic E-state index is 9.80. The van der Waals surface area contributed by atoms with Gasteiger partial charge < -0.3 is 29.3 Å². The van der Waals surface area contributed by atoms with Crippen molar-refractivity contribution in [2.75, 3.05) is 76.9 Å². The molecule has 1 N–H and O–H groups in total. The van der Waals surface area contributed by atoms with E-state index in [2.05, 4.69) is 50.3 Å². The average molecular weight is 584 g/mol. The topological polar surface area (TPSA) is 99.0 Å². The number of hydrogen-bond acceptors (Lipinski definition) is 10. The molecule has 3 aliphatic heterocycles. The molecule has 4 heterocycles. The lowest BCUT2D eigenvalue weighted by Crippen LogP contribution is -2.52. The van der Waals surface area contributed by atoms with E-state index in [1.807, 2.05) is 30.3 Å². The summed E-state index contributed by atoms with van der Waals surface area (Å²) in [7, 11) is 3.93. The van der Waals surface area contributed by atoms with Crippen molar-refractivity contribution in [1.82, 2.24) is 19.8 Å². The Morgan fingerprint density at radius 1 is 0.930 bits per heavy atom. The molecule has 0 bridgehead atoms. The van der Waals surface area contributed by atoms with E-state index in [4.69, 9.17) is 19.2 Å². The minimum Gasteiger partial charge on any atom is -0.495 e. The molecule has 0 radical (unpaired) electrons. The van der Waals surface area contributed by atoms with Gasteiger partial charge in [-0.15, -0.1) is 0 Å². The van der Waals surface area contributed by atoms with Crippen molar-refractivity contribution < 1.29 is 14.2 Å². The quantitative estimate of drug-likeness (QED) is 0.407. The molecule has 3 aromatic rings. The Kier molecular flexibility index (Phi) is 9.22. The zero-order valence-electron chi connectivity index (χ0n) is 25.2. The highest BCUT2D eigenvalue weighted by Crippen LogP contribution is 2.35. The van der Waals surface area contributed by atoms with Crippen LogP contribution in [0.15, 0.2) is 48.7 Å². The predicted octanol–water partition coefficient (Wildman–Crippen LogP) is 4.54. The van der Waals surface area contributed by atoms with Gasteiger partial charge in [0, 0.05) is 81.7 Å². The van der Waals surface area contributed by atoms with E-state index in [0.29, 0.717) is 36.5 Å². The first kappa shape index (κ1) is 29.2. The SMILES string of the molecule is COc1cc(Nc2nccc(-c3ccc(OC4CCOCC4)c(C#N)c3)n2)ccc1N1CCC(N2CCN(C)CC2)CC1. The van der Waals surface area contributed by atoms with Gasteiger partial charge in [-0.25, -0.2) is 9.97 Å². The average Bonchev–Trinajstić information content (AvgIpc) is 3.06. The number of nitrogens with one attached hydrogen (secondary N) is 1. The van der Waals surface area contributed by atoms with Crippen molar-refractivity contribution in [1.29, 1.82) is 5.26 Å². The Labute approximate surface area is 254 Å². The smallest absolute Gasteiger partial charge is 0.227 e. The molecule has 0 atom stereocenters. The molecule has 43 heavy (non-hydrogen) atoms. The summed E-state index contributed by atoms with van der Waals surface area (Å²) in [6.45, 7) is 8.08. The highest BCUT2D eigenvalue weighted by molar-refractivity contribution is 5.69. The number of piperidine rings is 1. The third-order valence-electron chi connectivity index (χ3n) is 8.81. The fraction of sp³-hybridized carbons (Fsp3) is 0.485. The number of benzene rings is 2. The van der Waals surface area contributed by atoms with Crippen LogP contribution in [0.25, 0.3) is 11.3 Å². The van der Waals surface area contributed by atoms with Crippen molar-refractivity contribution in [3.8, 4) is 28.8 Å². The molecule has 0 saturated carbocycles. The van der Waals surface area contributed by atoms with Crippen molar-refractivity contribution in [3.05, 3.63) is 54.2 Å². The molecule has 3 aliphatic rings. The van der Waals surface area contributed by atoms with Crippen LogP contribution >= 0.6 is 0 Å². The van der Waals surface area contributed by atoms with E-state index < -0.39 is 0 Å². The second-order valence-corrected chi connectivity index (χ2v) is 11.6. The Balaban J connectivity index is 1.11. The molecule has 3 saturated heterocycles. The molecule has 6 rings (SSSR count). The highest BCUT2D eigenvalue weighted by atomic mass is 16.5. The van der Waals surface area contributed by atoms with Crippen LogP contribution in [0.1, 0.15) is 31.2 Å².